The first kappa shape index (κ1) is 16.5. The summed E-state index contributed by atoms with van der Waals surface area (Å²) >= 11 is 0. The molecule has 2 rings (SSSR count). The Kier molecular flexibility index (Phi) is 5.14. The van der Waals surface area contributed by atoms with Gasteiger partial charge in [0.2, 0.25) is 5.91 Å². The molecule has 2 unspecified atom stereocenters. The van der Waals surface area contributed by atoms with Gasteiger partial charge in [-0.25, -0.2) is 0 Å². The van der Waals surface area contributed by atoms with Gasteiger partial charge in [0.05, 0.1) is 11.5 Å². The Morgan fingerprint density at radius 3 is 2.57 bits per heavy atom. The molecule has 1 saturated heterocycles. The molecule has 3 N–H and O–H groups in total. The van der Waals surface area contributed by atoms with Gasteiger partial charge in [0.25, 0.3) is 0 Å². The van der Waals surface area contributed by atoms with E-state index < -0.39 is 17.6 Å². The van der Waals surface area contributed by atoms with Gasteiger partial charge >= 0.3 is 6.18 Å². The number of nitrogens with one attached hydrogen (secondary N) is 1. The molecule has 2 atom stereocenters. The van der Waals surface area contributed by atoms with Crippen molar-refractivity contribution in [1.82, 2.24) is 5.32 Å². The summed E-state index contributed by atoms with van der Waals surface area (Å²) in [7, 11) is 0. The van der Waals surface area contributed by atoms with Crippen LogP contribution in [0.15, 0.2) is 0 Å². The zero-order valence-corrected chi connectivity index (χ0v) is 12.0. The predicted octanol–water partition coefficient (Wildman–Crippen LogP) is 1.98. The molecule has 2 aliphatic rings. The van der Waals surface area contributed by atoms with E-state index >= 15 is 0 Å². The Morgan fingerprint density at radius 2 is 1.95 bits per heavy atom. The van der Waals surface area contributed by atoms with E-state index in [0.29, 0.717) is 32.5 Å². The second kappa shape index (κ2) is 6.52. The highest BCUT2D eigenvalue weighted by Crippen LogP contribution is 2.39. The van der Waals surface area contributed by atoms with Crippen LogP contribution in [0.3, 0.4) is 0 Å². The van der Waals surface area contributed by atoms with E-state index in [4.69, 9.17) is 10.5 Å². The van der Waals surface area contributed by atoms with Crippen molar-refractivity contribution in [2.24, 2.45) is 17.6 Å². The van der Waals surface area contributed by atoms with Crippen molar-refractivity contribution in [3.8, 4) is 0 Å². The van der Waals surface area contributed by atoms with Crippen LogP contribution in [0.25, 0.3) is 0 Å². The van der Waals surface area contributed by atoms with Crippen molar-refractivity contribution in [1.29, 1.82) is 0 Å². The predicted molar refractivity (Wildman–Crippen MR) is 71.5 cm³/mol. The van der Waals surface area contributed by atoms with Crippen LogP contribution in [-0.4, -0.2) is 37.4 Å². The fourth-order valence-corrected chi connectivity index (χ4v) is 3.15. The maximum absolute atomic E-state index is 12.7. The van der Waals surface area contributed by atoms with Gasteiger partial charge < -0.3 is 15.8 Å². The molecule has 2 fully saturated rings. The maximum atomic E-state index is 12.7. The number of carbonyl (C=O) groups excluding carboxylic acids is 1. The Labute approximate surface area is 122 Å². The van der Waals surface area contributed by atoms with Crippen LogP contribution in [0, 0.1) is 11.8 Å². The van der Waals surface area contributed by atoms with Crippen LogP contribution >= 0.6 is 0 Å². The minimum atomic E-state index is -4.13. The van der Waals surface area contributed by atoms with Crippen LogP contribution in [0.1, 0.15) is 38.5 Å². The van der Waals surface area contributed by atoms with Gasteiger partial charge in [-0.05, 0) is 38.0 Å². The summed E-state index contributed by atoms with van der Waals surface area (Å²) in [6.07, 6.45) is -1.63. The molecule has 7 heteroatoms. The first-order valence-corrected chi connectivity index (χ1v) is 7.53. The molecule has 1 amide bonds. The average Bonchev–Trinajstić information content (AvgIpc) is 2.45. The van der Waals surface area contributed by atoms with E-state index in [1.165, 1.54) is 0 Å². The quantitative estimate of drug-likeness (QED) is 0.838. The van der Waals surface area contributed by atoms with E-state index in [1.54, 1.807) is 0 Å². The van der Waals surface area contributed by atoms with Crippen molar-refractivity contribution in [2.45, 2.75) is 50.2 Å². The SMILES string of the molecule is NC1(C(=O)NCC2CCCC(C(F)(F)F)C2)CCOCC1. The standard InChI is InChI=1S/C14H23F3N2O2/c15-14(16,17)11-3-1-2-10(8-11)9-19-12(20)13(18)4-6-21-7-5-13/h10-11H,1-9,18H2,(H,19,20). The molecule has 0 aromatic carbocycles. The summed E-state index contributed by atoms with van der Waals surface area (Å²) in [5.74, 6) is -1.61. The summed E-state index contributed by atoms with van der Waals surface area (Å²) < 4.78 is 43.4. The van der Waals surface area contributed by atoms with Crippen molar-refractivity contribution >= 4 is 5.91 Å². The highest BCUT2D eigenvalue weighted by Gasteiger charge is 2.42. The van der Waals surface area contributed by atoms with Crippen LogP contribution in [-0.2, 0) is 9.53 Å². The molecule has 1 heterocycles. The third kappa shape index (κ3) is 4.32. The van der Waals surface area contributed by atoms with Gasteiger partial charge in [-0.1, -0.05) is 6.42 Å². The molecule has 0 bridgehead atoms. The van der Waals surface area contributed by atoms with E-state index in [-0.39, 0.29) is 31.2 Å². The molecule has 4 nitrogen and oxygen atoms in total. The number of hydrogen-bond acceptors (Lipinski definition) is 3. The normalized spacial score (nSPS) is 29.9. The number of carbonyl (C=O) groups is 1. The number of amides is 1. The second-order valence-electron chi connectivity index (χ2n) is 6.25. The van der Waals surface area contributed by atoms with Crippen LogP contribution in [0.5, 0.6) is 0 Å². The summed E-state index contributed by atoms with van der Waals surface area (Å²) in [5, 5.41) is 2.75. The zero-order chi connectivity index (χ0) is 15.5. The topological polar surface area (TPSA) is 64.4 Å². The highest BCUT2D eigenvalue weighted by molar-refractivity contribution is 5.86. The average molecular weight is 308 g/mol. The molecule has 21 heavy (non-hydrogen) atoms. The lowest BCUT2D eigenvalue weighted by atomic mass is 9.81. The summed E-state index contributed by atoms with van der Waals surface area (Å²) in [5.41, 5.74) is 5.11. The molecule has 1 aliphatic carbocycles. The fraction of sp³-hybridized carbons (Fsp3) is 0.929. The molecule has 122 valence electrons. The van der Waals surface area contributed by atoms with Crippen molar-refractivity contribution < 1.29 is 22.7 Å². The number of nitrogens with two attached hydrogens (primary N) is 1. The minimum Gasteiger partial charge on any atom is -0.381 e. The molecule has 0 aromatic rings. The Hall–Kier alpha value is -0.820. The van der Waals surface area contributed by atoms with Crippen LogP contribution in [0.4, 0.5) is 13.2 Å². The number of alkyl halides is 3. The van der Waals surface area contributed by atoms with Crippen LogP contribution < -0.4 is 11.1 Å². The first-order valence-electron chi connectivity index (χ1n) is 7.53. The third-order valence-electron chi connectivity index (χ3n) is 4.63. The largest absolute Gasteiger partial charge is 0.391 e. The highest BCUT2D eigenvalue weighted by atomic mass is 19.4. The lowest BCUT2D eigenvalue weighted by molar-refractivity contribution is -0.185. The molecule has 0 aromatic heterocycles. The Morgan fingerprint density at radius 1 is 1.29 bits per heavy atom. The molecule has 1 saturated carbocycles. The molecule has 0 spiro atoms. The molecular formula is C14H23F3N2O2. The Balaban J connectivity index is 1.81. The van der Waals surface area contributed by atoms with Gasteiger partial charge in [0, 0.05) is 19.8 Å². The first-order chi connectivity index (χ1) is 9.81. The van der Waals surface area contributed by atoms with Crippen molar-refractivity contribution in [3.63, 3.8) is 0 Å². The summed E-state index contributed by atoms with van der Waals surface area (Å²) in [6.45, 7) is 1.18. The summed E-state index contributed by atoms with van der Waals surface area (Å²) in [4.78, 5) is 12.1. The van der Waals surface area contributed by atoms with Crippen molar-refractivity contribution in [2.75, 3.05) is 19.8 Å². The van der Waals surface area contributed by atoms with Gasteiger partial charge in [-0.15, -0.1) is 0 Å². The monoisotopic (exact) mass is 308 g/mol. The fourth-order valence-electron chi connectivity index (χ4n) is 3.15. The zero-order valence-electron chi connectivity index (χ0n) is 12.0. The minimum absolute atomic E-state index is 0.102. The van der Waals surface area contributed by atoms with Gasteiger partial charge in [-0.3, -0.25) is 4.79 Å². The second-order valence-corrected chi connectivity index (χ2v) is 6.25. The van der Waals surface area contributed by atoms with Gasteiger partial charge in [-0.2, -0.15) is 13.2 Å². The van der Waals surface area contributed by atoms with E-state index in [9.17, 15) is 18.0 Å². The number of halogens is 3. The van der Waals surface area contributed by atoms with Crippen LogP contribution in [0.2, 0.25) is 0 Å². The van der Waals surface area contributed by atoms with Gasteiger partial charge in [0.1, 0.15) is 0 Å². The van der Waals surface area contributed by atoms with E-state index in [0.717, 1.165) is 6.42 Å². The number of ether oxygens (including phenoxy) is 1. The molecular weight excluding hydrogens is 285 g/mol. The lowest BCUT2D eigenvalue weighted by Crippen LogP contribution is -2.57. The number of hydrogen-bond donors (Lipinski definition) is 2. The van der Waals surface area contributed by atoms with E-state index in [2.05, 4.69) is 5.32 Å². The number of rotatable bonds is 3. The van der Waals surface area contributed by atoms with E-state index in [1.807, 2.05) is 0 Å². The molecule has 0 radical (unpaired) electrons. The molecule has 1 aliphatic heterocycles. The smallest absolute Gasteiger partial charge is 0.381 e. The lowest BCUT2D eigenvalue weighted by Gasteiger charge is -2.34. The summed E-state index contributed by atoms with van der Waals surface area (Å²) in [6, 6.07) is 0. The maximum Gasteiger partial charge on any atom is 0.391 e. The Bertz CT molecular complexity index is 368. The van der Waals surface area contributed by atoms with Gasteiger partial charge in [0.15, 0.2) is 0 Å². The van der Waals surface area contributed by atoms with Crippen molar-refractivity contribution in [3.05, 3.63) is 0 Å². The third-order valence-corrected chi connectivity index (χ3v) is 4.63.